The fraction of sp³-hybridized carbons (Fsp3) is 0.375. The highest BCUT2D eigenvalue weighted by Gasteiger charge is 2.03. The second-order valence-electron chi connectivity index (χ2n) is 5.10. The van der Waals surface area contributed by atoms with E-state index in [-0.39, 0.29) is 0 Å². The molecule has 4 heteroatoms. The van der Waals surface area contributed by atoms with E-state index in [9.17, 15) is 0 Å². The minimum atomic E-state index is 0.516. The predicted octanol–water partition coefficient (Wildman–Crippen LogP) is 4.90. The second kappa shape index (κ2) is 7.25. The molecule has 1 aromatic heterocycles. The van der Waals surface area contributed by atoms with Crippen LogP contribution in [-0.4, -0.2) is 6.04 Å². The zero-order valence-corrected chi connectivity index (χ0v) is 14.5. The lowest BCUT2D eigenvalue weighted by Crippen LogP contribution is -2.21. The molecule has 2 aromatic rings. The van der Waals surface area contributed by atoms with Gasteiger partial charge >= 0.3 is 0 Å². The van der Waals surface area contributed by atoms with Gasteiger partial charge in [0.15, 0.2) is 0 Å². The van der Waals surface area contributed by atoms with Gasteiger partial charge in [-0.3, -0.25) is 0 Å². The molecule has 1 N–H and O–H groups in total. The first-order chi connectivity index (χ1) is 9.54. The third-order valence-corrected chi connectivity index (χ3v) is 4.86. The summed E-state index contributed by atoms with van der Waals surface area (Å²) in [5, 5.41) is 3.43. The van der Waals surface area contributed by atoms with E-state index in [2.05, 4.69) is 60.2 Å². The van der Waals surface area contributed by atoms with Crippen molar-refractivity contribution in [3.8, 4) is 5.75 Å². The summed E-state index contributed by atoms with van der Waals surface area (Å²) < 4.78 is 6.95. The van der Waals surface area contributed by atoms with Crippen LogP contribution in [0.4, 0.5) is 0 Å². The first-order valence-electron chi connectivity index (χ1n) is 6.74. The average Bonchev–Trinajstić information content (AvgIpc) is 2.86. The number of hydrogen-bond acceptors (Lipinski definition) is 3. The lowest BCUT2D eigenvalue weighted by molar-refractivity contribution is 0.309. The van der Waals surface area contributed by atoms with Gasteiger partial charge in [0.25, 0.3) is 0 Å². The van der Waals surface area contributed by atoms with Crippen molar-refractivity contribution in [1.82, 2.24) is 5.32 Å². The number of rotatable bonds is 6. The lowest BCUT2D eigenvalue weighted by Gasteiger charge is -2.07. The van der Waals surface area contributed by atoms with Gasteiger partial charge in [-0.05, 0) is 42.8 Å². The van der Waals surface area contributed by atoms with Gasteiger partial charge in [-0.25, -0.2) is 0 Å². The summed E-state index contributed by atoms with van der Waals surface area (Å²) >= 11 is 5.30. The van der Waals surface area contributed by atoms with E-state index >= 15 is 0 Å². The van der Waals surface area contributed by atoms with E-state index < -0.39 is 0 Å². The fourth-order valence-electron chi connectivity index (χ4n) is 1.76. The molecule has 0 fully saturated rings. The molecule has 0 spiro atoms. The summed E-state index contributed by atoms with van der Waals surface area (Å²) in [7, 11) is 0. The summed E-state index contributed by atoms with van der Waals surface area (Å²) in [6.07, 6.45) is 0. The maximum Gasteiger partial charge on any atom is 0.122 e. The Bertz CT molecular complexity index is 565. The molecule has 20 heavy (non-hydrogen) atoms. The van der Waals surface area contributed by atoms with Gasteiger partial charge < -0.3 is 10.1 Å². The maximum atomic E-state index is 5.84. The third-order valence-electron chi connectivity index (χ3n) is 2.91. The van der Waals surface area contributed by atoms with Gasteiger partial charge in [-0.1, -0.05) is 29.8 Å². The number of benzene rings is 1. The van der Waals surface area contributed by atoms with Crippen molar-refractivity contribution < 1.29 is 4.74 Å². The van der Waals surface area contributed by atoms with Crippen molar-refractivity contribution in [1.29, 1.82) is 0 Å². The van der Waals surface area contributed by atoms with Gasteiger partial charge in [0.2, 0.25) is 0 Å². The Kier molecular flexibility index (Phi) is 5.64. The van der Waals surface area contributed by atoms with Crippen molar-refractivity contribution in [3.63, 3.8) is 0 Å². The molecule has 0 radical (unpaired) electrons. The van der Waals surface area contributed by atoms with E-state index in [1.54, 1.807) is 11.3 Å². The van der Waals surface area contributed by atoms with E-state index in [4.69, 9.17) is 4.74 Å². The molecular weight excluding hydrogens is 334 g/mol. The second-order valence-corrected chi connectivity index (χ2v) is 7.21. The van der Waals surface area contributed by atoms with Crippen molar-refractivity contribution in [3.05, 3.63) is 50.1 Å². The molecule has 2 rings (SSSR count). The van der Waals surface area contributed by atoms with Crippen LogP contribution < -0.4 is 10.1 Å². The summed E-state index contributed by atoms with van der Waals surface area (Å²) in [6, 6.07) is 10.9. The highest BCUT2D eigenvalue weighted by molar-refractivity contribution is 9.10. The van der Waals surface area contributed by atoms with Crippen LogP contribution in [0.25, 0.3) is 0 Å². The molecule has 0 aliphatic rings. The molecule has 0 atom stereocenters. The number of hydrogen-bond donors (Lipinski definition) is 1. The Balaban J connectivity index is 1.89. The SMILES string of the molecule is Cc1cc(OCc2ccc(CNC(C)C)s2)ccc1Br. The molecule has 108 valence electrons. The van der Waals surface area contributed by atoms with E-state index in [0.29, 0.717) is 12.6 Å². The van der Waals surface area contributed by atoms with E-state index in [0.717, 1.165) is 16.8 Å². The topological polar surface area (TPSA) is 21.3 Å². The van der Waals surface area contributed by atoms with Gasteiger partial charge in [0, 0.05) is 26.8 Å². The van der Waals surface area contributed by atoms with E-state index in [1.807, 2.05) is 12.1 Å². The van der Waals surface area contributed by atoms with Crippen LogP contribution in [-0.2, 0) is 13.2 Å². The van der Waals surface area contributed by atoms with Crippen molar-refractivity contribution >= 4 is 27.3 Å². The molecule has 0 amide bonds. The number of halogens is 1. The molecule has 1 aromatic carbocycles. The normalized spacial score (nSPS) is 11.1. The van der Waals surface area contributed by atoms with Crippen molar-refractivity contribution in [2.75, 3.05) is 0 Å². The third kappa shape index (κ3) is 4.62. The zero-order valence-electron chi connectivity index (χ0n) is 12.1. The Morgan fingerprint density at radius 3 is 2.65 bits per heavy atom. The predicted molar refractivity (Wildman–Crippen MR) is 89.5 cm³/mol. The van der Waals surface area contributed by atoms with Crippen LogP contribution in [0.2, 0.25) is 0 Å². The zero-order chi connectivity index (χ0) is 14.5. The van der Waals surface area contributed by atoms with Crippen molar-refractivity contribution in [2.45, 2.75) is 40.0 Å². The molecule has 0 bridgehead atoms. The molecule has 0 aliphatic carbocycles. The Labute approximate surface area is 133 Å². The van der Waals surface area contributed by atoms with Crippen LogP contribution in [0.1, 0.15) is 29.2 Å². The van der Waals surface area contributed by atoms with Gasteiger partial charge in [0.1, 0.15) is 12.4 Å². The molecule has 0 aliphatic heterocycles. The number of ether oxygens (including phenoxy) is 1. The highest BCUT2D eigenvalue weighted by Crippen LogP contribution is 2.23. The lowest BCUT2D eigenvalue weighted by atomic mass is 10.2. The summed E-state index contributed by atoms with van der Waals surface area (Å²) in [5.41, 5.74) is 1.19. The molecule has 0 saturated carbocycles. The highest BCUT2D eigenvalue weighted by atomic mass is 79.9. The quantitative estimate of drug-likeness (QED) is 0.797. The molecular formula is C16H20BrNOS. The minimum Gasteiger partial charge on any atom is -0.488 e. The Hall–Kier alpha value is -0.840. The fourth-order valence-corrected chi connectivity index (χ4v) is 2.89. The Morgan fingerprint density at radius 2 is 1.95 bits per heavy atom. The number of nitrogens with one attached hydrogen (secondary N) is 1. The van der Waals surface area contributed by atoms with Crippen LogP contribution in [0, 0.1) is 6.92 Å². The summed E-state index contributed by atoms with van der Waals surface area (Å²) in [5.74, 6) is 0.918. The Morgan fingerprint density at radius 1 is 1.20 bits per heavy atom. The summed E-state index contributed by atoms with van der Waals surface area (Å²) in [4.78, 5) is 2.61. The van der Waals surface area contributed by atoms with Gasteiger partial charge in [-0.15, -0.1) is 11.3 Å². The number of aryl methyl sites for hydroxylation is 1. The molecule has 0 unspecified atom stereocenters. The first-order valence-corrected chi connectivity index (χ1v) is 8.35. The van der Waals surface area contributed by atoms with E-state index in [1.165, 1.54) is 15.3 Å². The largest absolute Gasteiger partial charge is 0.488 e. The standard InChI is InChI=1S/C16H20BrNOS/c1-11(2)18-9-14-5-6-15(20-14)10-19-13-4-7-16(17)12(3)8-13/h4-8,11,18H,9-10H2,1-3H3. The van der Waals surface area contributed by atoms with Gasteiger partial charge in [-0.2, -0.15) is 0 Å². The van der Waals surface area contributed by atoms with Crippen LogP contribution in [0.15, 0.2) is 34.8 Å². The maximum absolute atomic E-state index is 5.84. The minimum absolute atomic E-state index is 0.516. The van der Waals surface area contributed by atoms with Crippen LogP contribution >= 0.6 is 27.3 Å². The van der Waals surface area contributed by atoms with Crippen LogP contribution in [0.3, 0.4) is 0 Å². The number of thiophene rings is 1. The average molecular weight is 354 g/mol. The van der Waals surface area contributed by atoms with Gasteiger partial charge in [0.05, 0.1) is 0 Å². The molecule has 0 saturated heterocycles. The first kappa shape index (κ1) is 15.5. The monoisotopic (exact) mass is 353 g/mol. The smallest absolute Gasteiger partial charge is 0.122 e. The van der Waals surface area contributed by atoms with Crippen molar-refractivity contribution in [2.24, 2.45) is 0 Å². The molecule has 2 nitrogen and oxygen atoms in total. The summed E-state index contributed by atoms with van der Waals surface area (Å²) in [6.45, 7) is 7.95. The molecule has 1 heterocycles. The van der Waals surface area contributed by atoms with Crippen LogP contribution in [0.5, 0.6) is 5.75 Å².